The zero-order valence-electron chi connectivity index (χ0n) is 24.8. The second-order valence-electron chi connectivity index (χ2n) is 9.63. The van der Waals surface area contributed by atoms with Crippen LogP contribution >= 0.6 is 11.8 Å². The average molecular weight is 625 g/mol. The molecule has 0 fully saturated rings. The van der Waals surface area contributed by atoms with Crippen LogP contribution < -0.4 is 31.2 Å². The minimum Gasteiger partial charge on any atom is -0.497 e. The van der Waals surface area contributed by atoms with Crippen molar-refractivity contribution in [3.05, 3.63) is 119 Å². The molecule has 4 amide bonds. The number of nitrogens with one attached hydrogen (secondary N) is 3. The van der Waals surface area contributed by atoms with Crippen LogP contribution in [0.15, 0.2) is 108 Å². The van der Waals surface area contributed by atoms with Crippen LogP contribution in [0.4, 0.5) is 11.4 Å². The SMILES string of the molecule is COc1ccc(OC)c(/C=C(/NC(=O)c2ccccc2)C(=O)Nc2cccc(SC(C)C(=O)Nc3ccccc3C(N)=O)c2)c1. The Labute approximate surface area is 265 Å². The van der Waals surface area contributed by atoms with Crippen molar-refractivity contribution in [3.8, 4) is 11.5 Å². The first-order chi connectivity index (χ1) is 21.7. The van der Waals surface area contributed by atoms with Gasteiger partial charge in [0.1, 0.15) is 17.2 Å². The van der Waals surface area contributed by atoms with Gasteiger partial charge in [-0.3, -0.25) is 19.2 Å². The molecule has 0 aliphatic heterocycles. The number of hydrogen-bond donors (Lipinski definition) is 4. The number of nitrogens with two attached hydrogens (primary N) is 1. The topological polar surface area (TPSA) is 149 Å². The van der Waals surface area contributed by atoms with E-state index in [-0.39, 0.29) is 17.2 Å². The predicted molar refractivity (Wildman–Crippen MR) is 175 cm³/mol. The van der Waals surface area contributed by atoms with Gasteiger partial charge in [-0.15, -0.1) is 11.8 Å². The average Bonchev–Trinajstić information content (AvgIpc) is 3.05. The lowest BCUT2D eigenvalue weighted by Crippen LogP contribution is -2.30. The Kier molecular flexibility index (Phi) is 11.0. The molecule has 0 spiro atoms. The molecule has 45 heavy (non-hydrogen) atoms. The van der Waals surface area contributed by atoms with E-state index in [2.05, 4.69) is 16.0 Å². The van der Waals surface area contributed by atoms with Crippen molar-refractivity contribution < 1.29 is 28.7 Å². The van der Waals surface area contributed by atoms with Gasteiger partial charge in [-0.2, -0.15) is 0 Å². The van der Waals surface area contributed by atoms with Gasteiger partial charge in [0, 0.05) is 21.7 Å². The number of carbonyl (C=O) groups excluding carboxylic acids is 4. The molecular weight excluding hydrogens is 592 g/mol. The van der Waals surface area contributed by atoms with Gasteiger partial charge >= 0.3 is 0 Å². The number of ether oxygens (including phenoxy) is 2. The van der Waals surface area contributed by atoms with Crippen molar-refractivity contribution in [2.24, 2.45) is 5.73 Å². The van der Waals surface area contributed by atoms with E-state index in [1.165, 1.54) is 38.1 Å². The molecule has 1 atom stereocenters. The third-order valence-electron chi connectivity index (χ3n) is 6.49. The molecule has 10 nitrogen and oxygen atoms in total. The maximum absolute atomic E-state index is 13.6. The number of carbonyl (C=O) groups is 4. The highest BCUT2D eigenvalue weighted by Crippen LogP contribution is 2.29. The van der Waals surface area contributed by atoms with Crippen molar-refractivity contribution in [2.45, 2.75) is 17.1 Å². The van der Waals surface area contributed by atoms with E-state index < -0.39 is 23.0 Å². The number of benzene rings is 4. The Bertz CT molecular complexity index is 1740. The van der Waals surface area contributed by atoms with E-state index in [0.29, 0.717) is 38.9 Å². The molecule has 0 aliphatic rings. The second kappa shape index (κ2) is 15.3. The van der Waals surface area contributed by atoms with Crippen molar-refractivity contribution >= 4 is 52.8 Å². The van der Waals surface area contributed by atoms with Crippen LogP contribution in [-0.4, -0.2) is 43.1 Å². The molecule has 1 unspecified atom stereocenters. The summed E-state index contributed by atoms with van der Waals surface area (Å²) in [5.41, 5.74) is 7.25. The van der Waals surface area contributed by atoms with Crippen LogP contribution in [0.5, 0.6) is 11.5 Å². The van der Waals surface area contributed by atoms with Gasteiger partial charge in [-0.25, -0.2) is 0 Å². The van der Waals surface area contributed by atoms with E-state index in [0.717, 1.165) is 0 Å². The predicted octanol–water partition coefficient (Wildman–Crippen LogP) is 5.33. The molecule has 0 saturated carbocycles. The number of para-hydroxylation sites is 1. The van der Waals surface area contributed by atoms with Crippen LogP contribution in [0, 0.1) is 0 Å². The van der Waals surface area contributed by atoms with Crippen LogP contribution in [0.25, 0.3) is 6.08 Å². The fourth-order valence-electron chi connectivity index (χ4n) is 4.19. The van der Waals surface area contributed by atoms with Crippen LogP contribution in [-0.2, 0) is 9.59 Å². The number of methoxy groups -OCH3 is 2. The summed E-state index contributed by atoms with van der Waals surface area (Å²) >= 11 is 1.26. The zero-order chi connectivity index (χ0) is 32.3. The van der Waals surface area contributed by atoms with Gasteiger partial charge in [0.05, 0.1) is 30.7 Å². The smallest absolute Gasteiger partial charge is 0.272 e. The molecule has 11 heteroatoms. The van der Waals surface area contributed by atoms with Gasteiger partial charge in [0.25, 0.3) is 17.7 Å². The molecular formula is C34H32N4O6S. The molecule has 0 aromatic heterocycles. The number of thioether (sulfide) groups is 1. The van der Waals surface area contributed by atoms with E-state index in [1.807, 2.05) is 0 Å². The Morgan fingerprint density at radius 3 is 2.27 bits per heavy atom. The molecule has 5 N–H and O–H groups in total. The molecule has 4 aromatic carbocycles. The quantitative estimate of drug-likeness (QED) is 0.123. The molecule has 0 heterocycles. The lowest BCUT2D eigenvalue weighted by Gasteiger charge is -2.15. The van der Waals surface area contributed by atoms with Gasteiger partial charge in [0.15, 0.2) is 0 Å². The maximum atomic E-state index is 13.6. The lowest BCUT2D eigenvalue weighted by molar-refractivity contribution is -0.115. The number of hydrogen-bond acceptors (Lipinski definition) is 7. The summed E-state index contributed by atoms with van der Waals surface area (Å²) < 4.78 is 10.8. The highest BCUT2D eigenvalue weighted by Gasteiger charge is 2.19. The Morgan fingerprint density at radius 1 is 0.822 bits per heavy atom. The third-order valence-corrected chi connectivity index (χ3v) is 7.58. The Balaban J connectivity index is 1.54. The van der Waals surface area contributed by atoms with E-state index in [1.54, 1.807) is 97.9 Å². The van der Waals surface area contributed by atoms with Crippen molar-refractivity contribution in [1.82, 2.24) is 5.32 Å². The van der Waals surface area contributed by atoms with Gasteiger partial charge in [-0.1, -0.05) is 36.4 Å². The van der Waals surface area contributed by atoms with Gasteiger partial charge < -0.3 is 31.2 Å². The van der Waals surface area contributed by atoms with Crippen LogP contribution in [0.3, 0.4) is 0 Å². The summed E-state index contributed by atoms with van der Waals surface area (Å²) in [4.78, 5) is 52.0. The normalized spacial score (nSPS) is 11.6. The fraction of sp³-hybridized carbons (Fsp3) is 0.118. The van der Waals surface area contributed by atoms with E-state index >= 15 is 0 Å². The van der Waals surface area contributed by atoms with Crippen molar-refractivity contribution in [1.29, 1.82) is 0 Å². The first-order valence-electron chi connectivity index (χ1n) is 13.8. The zero-order valence-corrected chi connectivity index (χ0v) is 25.6. The minimum absolute atomic E-state index is 0.0330. The number of rotatable bonds is 12. The molecule has 0 aliphatic carbocycles. The Morgan fingerprint density at radius 2 is 1.56 bits per heavy atom. The first-order valence-corrected chi connectivity index (χ1v) is 14.6. The molecule has 0 saturated heterocycles. The van der Waals surface area contributed by atoms with Gasteiger partial charge in [0.2, 0.25) is 5.91 Å². The third kappa shape index (κ3) is 8.74. The van der Waals surface area contributed by atoms with Gasteiger partial charge in [-0.05, 0) is 73.7 Å². The standard InChI is InChI=1S/C34H32N4O6S/c1-21(32(40)37-28-15-8-7-14-27(28)31(35)39)45-26-13-9-12-24(20-26)36-34(42)29(38-33(41)22-10-5-4-6-11-22)19-23-18-25(43-2)16-17-30(23)44-3/h4-21H,1-3H3,(H2,35,39)(H,36,42)(H,37,40)(H,38,41)/b29-19+. The lowest BCUT2D eigenvalue weighted by atomic mass is 10.1. The molecule has 0 bridgehead atoms. The number of primary amides is 1. The summed E-state index contributed by atoms with van der Waals surface area (Å²) in [5, 5.41) is 7.73. The van der Waals surface area contributed by atoms with Crippen molar-refractivity contribution in [2.75, 3.05) is 24.9 Å². The second-order valence-corrected chi connectivity index (χ2v) is 11.0. The van der Waals surface area contributed by atoms with Crippen LogP contribution in [0.2, 0.25) is 0 Å². The first kappa shape index (κ1) is 32.4. The summed E-state index contributed by atoms with van der Waals surface area (Å²) in [5.74, 6) is -1.02. The molecule has 230 valence electrons. The summed E-state index contributed by atoms with van der Waals surface area (Å²) in [6.45, 7) is 1.72. The molecule has 0 radical (unpaired) electrons. The minimum atomic E-state index is -0.645. The molecule has 4 rings (SSSR count). The highest BCUT2D eigenvalue weighted by atomic mass is 32.2. The fourth-order valence-corrected chi connectivity index (χ4v) is 5.12. The van der Waals surface area contributed by atoms with Crippen LogP contribution in [0.1, 0.15) is 33.2 Å². The number of anilines is 2. The monoisotopic (exact) mass is 624 g/mol. The van der Waals surface area contributed by atoms with E-state index in [4.69, 9.17) is 15.2 Å². The largest absolute Gasteiger partial charge is 0.497 e. The number of amides is 4. The Hall–Kier alpha value is -5.55. The highest BCUT2D eigenvalue weighted by molar-refractivity contribution is 8.00. The maximum Gasteiger partial charge on any atom is 0.272 e. The molecule has 4 aromatic rings. The van der Waals surface area contributed by atoms with E-state index in [9.17, 15) is 19.2 Å². The van der Waals surface area contributed by atoms with Crippen molar-refractivity contribution in [3.63, 3.8) is 0 Å². The summed E-state index contributed by atoms with van der Waals surface area (Å²) in [6.07, 6.45) is 1.51. The summed E-state index contributed by atoms with van der Waals surface area (Å²) in [6, 6.07) is 27.1. The summed E-state index contributed by atoms with van der Waals surface area (Å²) in [7, 11) is 3.03.